The Morgan fingerprint density at radius 3 is 2.47 bits per heavy atom. The minimum atomic E-state index is -0.366. The van der Waals surface area contributed by atoms with Crippen LogP contribution in [0.3, 0.4) is 0 Å². The molecule has 3 rings (SSSR count). The number of ether oxygens (including phenoxy) is 1. The van der Waals surface area contributed by atoms with Gasteiger partial charge in [0.15, 0.2) is 5.82 Å². The predicted octanol–water partition coefficient (Wildman–Crippen LogP) is 4.95. The molecule has 0 spiro atoms. The van der Waals surface area contributed by atoms with Crippen LogP contribution in [-0.2, 0) is 17.8 Å². The van der Waals surface area contributed by atoms with Crippen LogP contribution < -0.4 is 5.73 Å². The van der Waals surface area contributed by atoms with Gasteiger partial charge in [-0.2, -0.15) is 0 Å². The second kappa shape index (κ2) is 9.80. The van der Waals surface area contributed by atoms with E-state index in [-0.39, 0.29) is 11.1 Å². The molecule has 172 valence electrons. The number of rotatable bonds is 10. The lowest BCUT2D eigenvalue weighted by Gasteiger charge is -2.35. The number of benzene rings is 1. The highest BCUT2D eigenvalue weighted by Crippen LogP contribution is 2.31. The Balaban J connectivity index is 2.11. The summed E-state index contributed by atoms with van der Waals surface area (Å²) in [6.45, 7) is 16.2. The van der Waals surface area contributed by atoms with Gasteiger partial charge in [-0.1, -0.05) is 37.9 Å². The SMILES string of the molecule is [B]CCCCOC(C)(C)Cn1c(CN(CC)C(C)(C)C)nc2c(N)nc3ccccc3c21. The van der Waals surface area contributed by atoms with E-state index in [9.17, 15) is 0 Å². The fraction of sp³-hybridized carbons (Fsp3) is 0.600. The molecule has 0 saturated carbocycles. The summed E-state index contributed by atoms with van der Waals surface area (Å²) in [7, 11) is 5.64. The summed E-state index contributed by atoms with van der Waals surface area (Å²) >= 11 is 0. The predicted molar refractivity (Wildman–Crippen MR) is 135 cm³/mol. The van der Waals surface area contributed by atoms with E-state index in [1.165, 1.54) is 0 Å². The number of nitrogens with two attached hydrogens (primary N) is 1. The fourth-order valence-corrected chi connectivity index (χ4v) is 4.21. The molecule has 6 nitrogen and oxygen atoms in total. The van der Waals surface area contributed by atoms with Crippen molar-refractivity contribution in [3.63, 3.8) is 0 Å². The molecule has 0 aliphatic rings. The third kappa shape index (κ3) is 5.44. The molecule has 32 heavy (non-hydrogen) atoms. The van der Waals surface area contributed by atoms with Gasteiger partial charge in [-0.05, 0) is 53.7 Å². The van der Waals surface area contributed by atoms with Crippen LogP contribution in [0.1, 0.15) is 60.2 Å². The number of hydrogen-bond donors (Lipinski definition) is 1. The Hall–Kier alpha value is -2.12. The van der Waals surface area contributed by atoms with Crippen molar-refractivity contribution in [1.29, 1.82) is 0 Å². The lowest BCUT2D eigenvalue weighted by molar-refractivity contribution is -0.0307. The van der Waals surface area contributed by atoms with Gasteiger partial charge in [0, 0.05) is 17.5 Å². The first kappa shape index (κ1) is 24.5. The molecule has 1 aromatic carbocycles. The Morgan fingerprint density at radius 2 is 1.81 bits per heavy atom. The van der Waals surface area contributed by atoms with Crippen molar-refractivity contribution < 1.29 is 4.74 Å². The van der Waals surface area contributed by atoms with Gasteiger partial charge >= 0.3 is 0 Å². The molecule has 0 fully saturated rings. The van der Waals surface area contributed by atoms with Crippen LogP contribution in [0, 0.1) is 0 Å². The number of unbranched alkanes of at least 4 members (excludes halogenated alkanes) is 1. The Kier molecular flexibility index (Phi) is 7.51. The first-order valence-electron chi connectivity index (χ1n) is 11.7. The monoisotopic (exact) mass is 435 g/mol. The first-order chi connectivity index (χ1) is 15.1. The van der Waals surface area contributed by atoms with E-state index >= 15 is 0 Å². The Morgan fingerprint density at radius 1 is 1.09 bits per heavy atom. The van der Waals surface area contributed by atoms with Gasteiger partial charge in [0.1, 0.15) is 11.3 Å². The summed E-state index contributed by atoms with van der Waals surface area (Å²) < 4.78 is 8.58. The molecule has 0 saturated heterocycles. The van der Waals surface area contributed by atoms with Crippen LogP contribution in [-0.4, -0.2) is 51.6 Å². The quantitative estimate of drug-likeness (QED) is 0.361. The van der Waals surface area contributed by atoms with Crippen LogP contribution in [0.5, 0.6) is 0 Å². The fourth-order valence-electron chi connectivity index (χ4n) is 4.21. The van der Waals surface area contributed by atoms with Crippen molar-refractivity contribution in [3.8, 4) is 0 Å². The average molecular weight is 435 g/mol. The van der Waals surface area contributed by atoms with E-state index < -0.39 is 0 Å². The summed E-state index contributed by atoms with van der Waals surface area (Å²) in [4.78, 5) is 12.1. The van der Waals surface area contributed by atoms with E-state index in [2.05, 4.69) is 62.1 Å². The summed E-state index contributed by atoms with van der Waals surface area (Å²) in [5.74, 6) is 1.46. The number of imidazole rings is 1. The standard InChI is InChI=1S/C25H38BN5O/c1-7-30(24(2,3)4)16-20-29-21-22(18-12-8-9-13-19(18)28-23(21)27)31(20)17-25(5,6)32-15-11-10-14-26/h8-9,12-13H,7,10-11,14-17H2,1-6H3,(H2,27,28). The molecule has 0 unspecified atom stereocenters. The maximum Gasteiger partial charge on any atom is 0.152 e. The zero-order valence-electron chi connectivity index (χ0n) is 20.6. The van der Waals surface area contributed by atoms with Crippen molar-refractivity contribution in [3.05, 3.63) is 30.1 Å². The van der Waals surface area contributed by atoms with Gasteiger partial charge in [-0.25, -0.2) is 9.97 Å². The minimum Gasteiger partial charge on any atom is -0.382 e. The summed E-state index contributed by atoms with van der Waals surface area (Å²) in [6, 6.07) is 8.14. The summed E-state index contributed by atoms with van der Waals surface area (Å²) in [5.41, 5.74) is 8.73. The topological polar surface area (TPSA) is 69.2 Å². The zero-order chi connectivity index (χ0) is 23.5. The molecule has 2 heterocycles. The number of hydrogen-bond acceptors (Lipinski definition) is 5. The van der Waals surface area contributed by atoms with Crippen LogP contribution in [0.15, 0.2) is 24.3 Å². The van der Waals surface area contributed by atoms with E-state index in [4.69, 9.17) is 23.3 Å². The van der Waals surface area contributed by atoms with Gasteiger partial charge < -0.3 is 15.0 Å². The lowest BCUT2D eigenvalue weighted by atomic mass is 10.0. The van der Waals surface area contributed by atoms with Gasteiger partial charge in [0.25, 0.3) is 0 Å². The van der Waals surface area contributed by atoms with Crippen LogP contribution in [0.4, 0.5) is 5.82 Å². The largest absolute Gasteiger partial charge is 0.382 e. The van der Waals surface area contributed by atoms with Gasteiger partial charge in [-0.3, -0.25) is 4.90 Å². The second-order valence-electron chi connectivity index (χ2n) is 10.1. The molecular formula is C25H38BN5O. The highest BCUT2D eigenvalue weighted by molar-refractivity contribution is 6.08. The number of aromatic nitrogens is 3. The summed E-state index contributed by atoms with van der Waals surface area (Å²) in [6.07, 6.45) is 2.63. The molecule has 2 aromatic heterocycles. The molecule has 7 heteroatoms. The Labute approximate surface area is 193 Å². The number of para-hydroxylation sites is 1. The van der Waals surface area contributed by atoms with Gasteiger partial charge in [0.05, 0.1) is 37.6 Å². The van der Waals surface area contributed by atoms with Crippen molar-refractivity contribution in [2.75, 3.05) is 18.9 Å². The third-order valence-electron chi connectivity index (χ3n) is 5.98. The van der Waals surface area contributed by atoms with Crippen LogP contribution >= 0.6 is 0 Å². The van der Waals surface area contributed by atoms with Gasteiger partial charge in [-0.15, -0.1) is 0 Å². The molecule has 0 atom stereocenters. The molecule has 0 aliphatic carbocycles. The molecular weight excluding hydrogens is 397 g/mol. The molecule has 2 radical (unpaired) electrons. The van der Waals surface area contributed by atoms with Crippen LogP contribution in [0.2, 0.25) is 6.32 Å². The molecule has 3 aromatic rings. The zero-order valence-corrected chi connectivity index (χ0v) is 20.6. The molecule has 0 bridgehead atoms. The molecule has 0 aliphatic heterocycles. The van der Waals surface area contributed by atoms with Crippen molar-refractivity contribution in [2.24, 2.45) is 0 Å². The Bertz CT molecular complexity index is 1050. The van der Waals surface area contributed by atoms with Crippen molar-refractivity contribution in [1.82, 2.24) is 19.4 Å². The van der Waals surface area contributed by atoms with E-state index in [1.807, 2.05) is 18.2 Å². The van der Waals surface area contributed by atoms with Crippen molar-refractivity contribution in [2.45, 2.75) is 84.9 Å². The number of nitrogen functional groups attached to an aromatic ring is 1. The van der Waals surface area contributed by atoms with Gasteiger partial charge in [0.2, 0.25) is 0 Å². The number of pyridine rings is 1. The van der Waals surface area contributed by atoms with Crippen molar-refractivity contribution >= 4 is 35.6 Å². The highest BCUT2D eigenvalue weighted by atomic mass is 16.5. The number of anilines is 1. The van der Waals surface area contributed by atoms with E-state index in [1.54, 1.807) is 0 Å². The minimum absolute atomic E-state index is 0.0256. The molecule has 2 N–H and O–H groups in total. The van der Waals surface area contributed by atoms with E-state index in [0.717, 1.165) is 53.7 Å². The third-order valence-corrected chi connectivity index (χ3v) is 5.98. The van der Waals surface area contributed by atoms with Crippen LogP contribution in [0.25, 0.3) is 21.9 Å². The average Bonchev–Trinajstić information content (AvgIpc) is 3.07. The molecule has 0 amide bonds. The van der Waals surface area contributed by atoms with E-state index in [0.29, 0.717) is 25.3 Å². The maximum absolute atomic E-state index is 6.39. The number of nitrogens with zero attached hydrogens (tertiary/aromatic N) is 4. The number of fused-ring (bicyclic) bond motifs is 3. The first-order valence-corrected chi connectivity index (χ1v) is 11.7. The second-order valence-corrected chi connectivity index (χ2v) is 10.1. The maximum atomic E-state index is 6.39. The smallest absolute Gasteiger partial charge is 0.152 e. The highest BCUT2D eigenvalue weighted by Gasteiger charge is 2.27. The lowest BCUT2D eigenvalue weighted by Crippen LogP contribution is -2.41. The summed E-state index contributed by atoms with van der Waals surface area (Å²) in [5, 5.41) is 1.06. The normalized spacial score (nSPS) is 13.0.